The van der Waals surface area contributed by atoms with Crippen molar-refractivity contribution in [2.24, 2.45) is 0 Å². The molecule has 4 rings (SSSR count). The molecule has 2 aromatic carbocycles. The molecule has 0 spiro atoms. The van der Waals surface area contributed by atoms with Crippen molar-refractivity contribution in [3.8, 4) is 0 Å². The van der Waals surface area contributed by atoms with E-state index in [-0.39, 0.29) is 5.56 Å². The first-order valence-corrected chi connectivity index (χ1v) is 8.52. The third kappa shape index (κ3) is 3.24. The number of nitrogens with one attached hydrogen (secondary N) is 1. The van der Waals surface area contributed by atoms with Crippen molar-refractivity contribution < 1.29 is 4.42 Å². The van der Waals surface area contributed by atoms with Crippen molar-refractivity contribution >= 4 is 16.6 Å². The molecule has 0 unspecified atom stereocenters. The third-order valence-corrected chi connectivity index (χ3v) is 4.34. The van der Waals surface area contributed by atoms with Crippen LogP contribution in [0.1, 0.15) is 17.1 Å². The summed E-state index contributed by atoms with van der Waals surface area (Å²) in [7, 11) is 0. The molecule has 0 radical (unpaired) electrons. The van der Waals surface area contributed by atoms with Crippen molar-refractivity contribution in [3.63, 3.8) is 0 Å². The first-order chi connectivity index (χ1) is 12.7. The molecule has 0 aliphatic heterocycles. The highest BCUT2D eigenvalue weighted by Gasteiger charge is 2.12. The van der Waals surface area contributed by atoms with Gasteiger partial charge in [-0.25, -0.2) is 4.98 Å². The Hall–Kier alpha value is -3.34. The van der Waals surface area contributed by atoms with Crippen molar-refractivity contribution in [3.05, 3.63) is 94.4 Å². The highest BCUT2D eigenvalue weighted by Crippen LogP contribution is 2.13. The molecule has 5 heteroatoms. The Labute approximate surface area is 150 Å². The second-order valence-electron chi connectivity index (χ2n) is 6.24. The number of rotatable bonds is 5. The van der Waals surface area contributed by atoms with Gasteiger partial charge in [-0.15, -0.1) is 0 Å². The Morgan fingerprint density at radius 1 is 1.04 bits per heavy atom. The Morgan fingerprint density at radius 2 is 1.85 bits per heavy atom. The fourth-order valence-electron chi connectivity index (χ4n) is 2.92. The number of anilines is 1. The number of nitrogens with zero attached hydrogens (tertiary/aromatic N) is 2. The molecule has 130 valence electrons. The Bertz CT molecular complexity index is 1080. The number of aromatic nitrogens is 2. The maximum Gasteiger partial charge on any atom is 0.261 e. The van der Waals surface area contributed by atoms with Gasteiger partial charge in [0.1, 0.15) is 11.6 Å². The molecule has 26 heavy (non-hydrogen) atoms. The van der Waals surface area contributed by atoms with E-state index in [1.165, 1.54) is 5.56 Å². The van der Waals surface area contributed by atoms with Gasteiger partial charge in [0, 0.05) is 5.69 Å². The number of furan rings is 1. The van der Waals surface area contributed by atoms with Gasteiger partial charge in [0.05, 0.1) is 30.3 Å². The minimum absolute atomic E-state index is 0.0623. The van der Waals surface area contributed by atoms with Crippen LogP contribution < -0.4 is 10.9 Å². The molecule has 0 saturated carbocycles. The van der Waals surface area contributed by atoms with E-state index < -0.39 is 0 Å². The summed E-state index contributed by atoms with van der Waals surface area (Å²) in [5.41, 5.74) is 2.83. The van der Waals surface area contributed by atoms with Crippen LogP contribution >= 0.6 is 0 Å². The Morgan fingerprint density at radius 3 is 2.62 bits per heavy atom. The number of hydrogen-bond acceptors (Lipinski definition) is 4. The molecule has 4 aromatic rings. The van der Waals surface area contributed by atoms with Crippen LogP contribution in [-0.4, -0.2) is 9.55 Å². The molecule has 0 aliphatic rings. The van der Waals surface area contributed by atoms with Gasteiger partial charge in [-0.2, -0.15) is 0 Å². The molecule has 0 amide bonds. The van der Waals surface area contributed by atoms with Crippen molar-refractivity contribution in [2.75, 3.05) is 5.32 Å². The van der Waals surface area contributed by atoms with Crippen LogP contribution in [0.3, 0.4) is 0 Å². The van der Waals surface area contributed by atoms with Gasteiger partial charge < -0.3 is 9.73 Å². The fourth-order valence-corrected chi connectivity index (χ4v) is 2.92. The van der Waals surface area contributed by atoms with Crippen LogP contribution in [0.4, 0.5) is 5.69 Å². The van der Waals surface area contributed by atoms with Crippen LogP contribution in [0.5, 0.6) is 0 Å². The summed E-state index contributed by atoms with van der Waals surface area (Å²) >= 11 is 0. The van der Waals surface area contributed by atoms with Gasteiger partial charge in [0.15, 0.2) is 0 Å². The number of aryl methyl sites for hydroxylation is 1. The second kappa shape index (κ2) is 6.88. The van der Waals surface area contributed by atoms with E-state index in [9.17, 15) is 4.79 Å². The van der Waals surface area contributed by atoms with Crippen molar-refractivity contribution in [2.45, 2.75) is 20.0 Å². The predicted octanol–water partition coefficient (Wildman–Crippen LogP) is 3.96. The fraction of sp³-hybridized carbons (Fsp3) is 0.143. The number of fused-ring (bicyclic) bond motifs is 1. The van der Waals surface area contributed by atoms with E-state index in [2.05, 4.69) is 12.2 Å². The first-order valence-electron chi connectivity index (χ1n) is 8.52. The van der Waals surface area contributed by atoms with E-state index in [1.807, 2.05) is 54.6 Å². The average molecular weight is 345 g/mol. The summed E-state index contributed by atoms with van der Waals surface area (Å²) in [6.07, 6.45) is 1.61. The number of hydrogen-bond donors (Lipinski definition) is 1. The maximum absolute atomic E-state index is 13.0. The quantitative estimate of drug-likeness (QED) is 0.595. The van der Waals surface area contributed by atoms with Crippen LogP contribution in [0.15, 0.2) is 76.1 Å². The van der Waals surface area contributed by atoms with Gasteiger partial charge in [-0.05, 0) is 43.3 Å². The summed E-state index contributed by atoms with van der Waals surface area (Å²) in [4.78, 5) is 17.7. The summed E-state index contributed by atoms with van der Waals surface area (Å²) in [6.45, 7) is 2.86. The second-order valence-corrected chi connectivity index (χ2v) is 6.24. The van der Waals surface area contributed by atoms with Crippen molar-refractivity contribution in [1.29, 1.82) is 0 Å². The standard InChI is InChI=1S/C21H19N3O2/c1-15-8-10-16(11-9-15)22-13-20-23-19-7-3-2-6-18(19)21(25)24(20)14-17-5-4-12-26-17/h2-12,22H,13-14H2,1H3. The zero-order valence-corrected chi connectivity index (χ0v) is 14.5. The third-order valence-electron chi connectivity index (χ3n) is 4.34. The minimum Gasteiger partial charge on any atom is -0.467 e. The lowest BCUT2D eigenvalue weighted by Crippen LogP contribution is -2.27. The lowest BCUT2D eigenvalue weighted by atomic mass is 10.2. The zero-order chi connectivity index (χ0) is 17.9. The molecule has 2 heterocycles. The van der Waals surface area contributed by atoms with Gasteiger partial charge in [-0.3, -0.25) is 9.36 Å². The van der Waals surface area contributed by atoms with E-state index in [0.29, 0.717) is 29.8 Å². The molecule has 0 atom stereocenters. The molecule has 5 nitrogen and oxygen atoms in total. The van der Waals surface area contributed by atoms with E-state index in [4.69, 9.17) is 9.40 Å². The van der Waals surface area contributed by atoms with E-state index >= 15 is 0 Å². The number of para-hydroxylation sites is 1. The van der Waals surface area contributed by atoms with Crippen LogP contribution in [0.25, 0.3) is 10.9 Å². The molecule has 0 aliphatic carbocycles. The van der Waals surface area contributed by atoms with E-state index in [0.717, 1.165) is 11.4 Å². The largest absolute Gasteiger partial charge is 0.467 e. The molecule has 2 aromatic heterocycles. The minimum atomic E-state index is -0.0623. The Balaban J connectivity index is 1.73. The van der Waals surface area contributed by atoms with Gasteiger partial charge >= 0.3 is 0 Å². The summed E-state index contributed by atoms with van der Waals surface area (Å²) in [6, 6.07) is 19.2. The number of benzene rings is 2. The van der Waals surface area contributed by atoms with Gasteiger partial charge in [0.25, 0.3) is 5.56 Å². The van der Waals surface area contributed by atoms with Crippen LogP contribution in [-0.2, 0) is 13.1 Å². The average Bonchev–Trinajstić information content (AvgIpc) is 3.17. The molecular formula is C21H19N3O2. The normalized spacial score (nSPS) is 11.0. The molecule has 0 fully saturated rings. The summed E-state index contributed by atoms with van der Waals surface area (Å²) in [5.74, 6) is 1.39. The van der Waals surface area contributed by atoms with Crippen LogP contribution in [0.2, 0.25) is 0 Å². The van der Waals surface area contributed by atoms with Crippen molar-refractivity contribution in [1.82, 2.24) is 9.55 Å². The van der Waals surface area contributed by atoms with Gasteiger partial charge in [-0.1, -0.05) is 29.8 Å². The first kappa shape index (κ1) is 16.1. The molecular weight excluding hydrogens is 326 g/mol. The predicted molar refractivity (Wildman–Crippen MR) is 102 cm³/mol. The lowest BCUT2D eigenvalue weighted by molar-refractivity contribution is 0.483. The topological polar surface area (TPSA) is 60.1 Å². The van der Waals surface area contributed by atoms with Gasteiger partial charge in [0.2, 0.25) is 0 Å². The maximum atomic E-state index is 13.0. The monoisotopic (exact) mass is 345 g/mol. The summed E-state index contributed by atoms with van der Waals surface area (Å²) < 4.78 is 7.10. The zero-order valence-electron chi connectivity index (χ0n) is 14.5. The SMILES string of the molecule is Cc1ccc(NCc2nc3ccccc3c(=O)n2Cc2ccco2)cc1. The molecule has 1 N–H and O–H groups in total. The summed E-state index contributed by atoms with van der Waals surface area (Å²) in [5, 5.41) is 3.96. The molecule has 0 saturated heterocycles. The van der Waals surface area contributed by atoms with E-state index in [1.54, 1.807) is 16.9 Å². The highest BCUT2D eigenvalue weighted by molar-refractivity contribution is 5.77. The smallest absolute Gasteiger partial charge is 0.261 e. The van der Waals surface area contributed by atoms with Crippen LogP contribution in [0, 0.1) is 6.92 Å². The Kier molecular flexibility index (Phi) is 4.27. The highest BCUT2D eigenvalue weighted by atomic mass is 16.3. The molecule has 0 bridgehead atoms. The lowest BCUT2D eigenvalue weighted by Gasteiger charge is -2.14.